The Morgan fingerprint density at radius 2 is 1.50 bits per heavy atom. The molecule has 0 aromatic heterocycles. The summed E-state index contributed by atoms with van der Waals surface area (Å²) in [6, 6.07) is 0. The van der Waals surface area contributed by atoms with Crippen LogP contribution in [-0.2, 0) is 0 Å². The summed E-state index contributed by atoms with van der Waals surface area (Å²) in [6.45, 7) is -0.304. The number of aliphatic hydroxyl groups excluding tert-OH is 5. The van der Waals surface area contributed by atoms with Crippen LogP contribution in [0.1, 0.15) is 6.42 Å². The van der Waals surface area contributed by atoms with Crippen LogP contribution in [0.2, 0.25) is 0 Å². The van der Waals surface area contributed by atoms with E-state index in [2.05, 4.69) is 0 Å². The predicted molar refractivity (Wildman–Crippen MR) is 39.2 cm³/mol. The van der Waals surface area contributed by atoms with Crippen molar-refractivity contribution in [3.63, 3.8) is 0 Å². The first kappa shape index (κ1) is 9.88. The van der Waals surface area contributed by atoms with Crippen LogP contribution in [0, 0.1) is 5.92 Å². The van der Waals surface area contributed by atoms with E-state index in [1.54, 1.807) is 0 Å². The van der Waals surface area contributed by atoms with Crippen molar-refractivity contribution in [3.05, 3.63) is 0 Å². The third-order valence-corrected chi connectivity index (χ3v) is 2.36. The first-order valence-electron chi connectivity index (χ1n) is 3.91. The lowest BCUT2D eigenvalue weighted by molar-refractivity contribution is -0.163. The minimum Gasteiger partial charge on any atom is -0.396 e. The fourth-order valence-corrected chi connectivity index (χ4v) is 1.48. The molecule has 1 rings (SSSR count). The van der Waals surface area contributed by atoms with Crippen LogP contribution < -0.4 is 0 Å². The summed E-state index contributed by atoms with van der Waals surface area (Å²) in [5, 5.41) is 45.3. The van der Waals surface area contributed by atoms with Crippen molar-refractivity contribution < 1.29 is 25.5 Å². The Balaban J connectivity index is 2.63. The van der Waals surface area contributed by atoms with E-state index in [-0.39, 0.29) is 13.0 Å². The molecule has 2 unspecified atom stereocenters. The van der Waals surface area contributed by atoms with Crippen molar-refractivity contribution in [2.24, 2.45) is 5.92 Å². The minimum atomic E-state index is -1.37. The van der Waals surface area contributed by atoms with Gasteiger partial charge in [0, 0.05) is 12.5 Å². The quantitative estimate of drug-likeness (QED) is 0.304. The van der Waals surface area contributed by atoms with Gasteiger partial charge in [0.1, 0.15) is 12.2 Å². The standard InChI is InChI=1S/C7H14O5/c8-2-3-1-4(9)6(11)7(12)5(3)10/h3-12H,1-2H2/t3?,4-,5+,6?,7-/m1/s1. The molecule has 0 radical (unpaired) electrons. The minimum absolute atomic E-state index is 0.107. The van der Waals surface area contributed by atoms with E-state index in [0.717, 1.165) is 0 Å². The fraction of sp³-hybridized carbons (Fsp3) is 1.00. The van der Waals surface area contributed by atoms with Gasteiger partial charge in [-0.15, -0.1) is 0 Å². The molecule has 0 amide bonds. The van der Waals surface area contributed by atoms with Gasteiger partial charge < -0.3 is 25.5 Å². The molecule has 0 spiro atoms. The average molecular weight is 178 g/mol. The average Bonchev–Trinajstić information content (AvgIpc) is 2.08. The van der Waals surface area contributed by atoms with E-state index >= 15 is 0 Å². The van der Waals surface area contributed by atoms with Gasteiger partial charge in [0.15, 0.2) is 0 Å². The molecule has 1 aliphatic carbocycles. The third-order valence-electron chi connectivity index (χ3n) is 2.36. The van der Waals surface area contributed by atoms with Crippen LogP contribution in [0.4, 0.5) is 0 Å². The molecule has 0 saturated heterocycles. The van der Waals surface area contributed by atoms with Gasteiger partial charge in [-0.3, -0.25) is 0 Å². The lowest BCUT2D eigenvalue weighted by Crippen LogP contribution is -2.54. The Bertz CT molecular complexity index is 146. The van der Waals surface area contributed by atoms with E-state index in [4.69, 9.17) is 20.4 Å². The second-order valence-corrected chi connectivity index (χ2v) is 3.22. The van der Waals surface area contributed by atoms with Crippen LogP contribution in [0.15, 0.2) is 0 Å². The molecule has 1 aliphatic rings. The maximum atomic E-state index is 9.24. The monoisotopic (exact) mass is 178 g/mol. The Labute approximate surface area is 69.9 Å². The summed E-state index contributed by atoms with van der Waals surface area (Å²) in [7, 11) is 0. The van der Waals surface area contributed by atoms with Crippen molar-refractivity contribution in [3.8, 4) is 0 Å². The maximum Gasteiger partial charge on any atom is 0.109 e. The Morgan fingerprint density at radius 3 is 2.00 bits per heavy atom. The third kappa shape index (κ3) is 1.60. The summed E-state index contributed by atoms with van der Waals surface area (Å²) >= 11 is 0. The van der Waals surface area contributed by atoms with Gasteiger partial charge in [0.05, 0.1) is 12.2 Å². The van der Waals surface area contributed by atoms with Crippen molar-refractivity contribution in [1.29, 1.82) is 0 Å². The van der Waals surface area contributed by atoms with Crippen molar-refractivity contribution in [2.75, 3.05) is 6.61 Å². The van der Waals surface area contributed by atoms with Gasteiger partial charge in [-0.1, -0.05) is 0 Å². The molecule has 5 heteroatoms. The zero-order chi connectivity index (χ0) is 9.30. The summed E-state index contributed by atoms with van der Waals surface area (Å²) < 4.78 is 0. The highest BCUT2D eigenvalue weighted by molar-refractivity contribution is 4.91. The highest BCUT2D eigenvalue weighted by atomic mass is 16.4. The molecule has 0 aromatic carbocycles. The molecular weight excluding hydrogens is 164 g/mol. The van der Waals surface area contributed by atoms with Crippen LogP contribution in [-0.4, -0.2) is 56.6 Å². The Hall–Kier alpha value is -0.200. The smallest absolute Gasteiger partial charge is 0.109 e. The van der Waals surface area contributed by atoms with Crippen LogP contribution in [0.3, 0.4) is 0 Å². The molecule has 0 bridgehead atoms. The summed E-state index contributed by atoms with van der Waals surface area (Å²) in [5.41, 5.74) is 0. The largest absolute Gasteiger partial charge is 0.396 e. The molecule has 0 heterocycles. The van der Waals surface area contributed by atoms with Crippen molar-refractivity contribution in [2.45, 2.75) is 30.8 Å². The molecule has 0 aromatic rings. The number of hydrogen-bond donors (Lipinski definition) is 5. The number of hydrogen-bond acceptors (Lipinski definition) is 5. The molecule has 72 valence electrons. The van der Waals surface area contributed by atoms with E-state index < -0.39 is 30.3 Å². The Morgan fingerprint density at radius 1 is 0.917 bits per heavy atom. The van der Waals surface area contributed by atoms with E-state index in [1.165, 1.54) is 0 Å². The topological polar surface area (TPSA) is 101 Å². The van der Waals surface area contributed by atoms with Crippen molar-refractivity contribution in [1.82, 2.24) is 0 Å². The first-order valence-corrected chi connectivity index (χ1v) is 3.91. The summed E-state index contributed by atoms with van der Waals surface area (Å²) in [6.07, 6.45) is -4.81. The molecule has 0 aliphatic heterocycles. The lowest BCUT2D eigenvalue weighted by Gasteiger charge is -2.37. The highest BCUT2D eigenvalue weighted by Gasteiger charge is 2.41. The summed E-state index contributed by atoms with van der Waals surface area (Å²) in [4.78, 5) is 0. The van der Waals surface area contributed by atoms with Crippen LogP contribution in [0.25, 0.3) is 0 Å². The normalized spacial score (nSPS) is 49.2. The van der Waals surface area contributed by atoms with Gasteiger partial charge in [-0.05, 0) is 6.42 Å². The van der Waals surface area contributed by atoms with E-state index in [1.807, 2.05) is 0 Å². The SMILES string of the molecule is OCC1C[C@@H](O)C(O)[C@H](O)[C@H]1O. The van der Waals surface area contributed by atoms with Gasteiger partial charge in [0.2, 0.25) is 0 Å². The molecule has 12 heavy (non-hydrogen) atoms. The van der Waals surface area contributed by atoms with Crippen LogP contribution >= 0.6 is 0 Å². The maximum absolute atomic E-state index is 9.24. The van der Waals surface area contributed by atoms with Crippen molar-refractivity contribution >= 4 is 0 Å². The molecule has 1 fully saturated rings. The highest BCUT2D eigenvalue weighted by Crippen LogP contribution is 2.25. The molecular formula is C7H14O5. The molecule has 5 nitrogen and oxygen atoms in total. The lowest BCUT2D eigenvalue weighted by atomic mass is 9.81. The summed E-state index contributed by atoms with van der Waals surface area (Å²) in [5.74, 6) is -0.557. The Kier molecular flexibility index (Phi) is 3.03. The zero-order valence-corrected chi connectivity index (χ0v) is 6.54. The van der Waals surface area contributed by atoms with Crippen LogP contribution in [0.5, 0.6) is 0 Å². The second-order valence-electron chi connectivity index (χ2n) is 3.22. The fourth-order valence-electron chi connectivity index (χ4n) is 1.48. The van der Waals surface area contributed by atoms with E-state index in [9.17, 15) is 5.11 Å². The first-order chi connectivity index (χ1) is 5.57. The molecule has 5 N–H and O–H groups in total. The molecule has 1 saturated carbocycles. The second kappa shape index (κ2) is 3.68. The van der Waals surface area contributed by atoms with E-state index in [0.29, 0.717) is 0 Å². The number of rotatable bonds is 1. The van der Waals surface area contributed by atoms with Gasteiger partial charge in [-0.2, -0.15) is 0 Å². The predicted octanol–water partition coefficient (Wildman–Crippen LogP) is -2.56. The van der Waals surface area contributed by atoms with Gasteiger partial charge in [0.25, 0.3) is 0 Å². The van der Waals surface area contributed by atoms with Gasteiger partial charge in [-0.25, -0.2) is 0 Å². The molecule has 5 atom stereocenters. The zero-order valence-electron chi connectivity index (χ0n) is 6.54. The van der Waals surface area contributed by atoms with Gasteiger partial charge >= 0.3 is 0 Å². The number of aliphatic hydroxyl groups is 5.